The van der Waals surface area contributed by atoms with Gasteiger partial charge in [-0.3, -0.25) is 0 Å². The summed E-state index contributed by atoms with van der Waals surface area (Å²) in [4.78, 5) is 0.0712. The van der Waals surface area contributed by atoms with Crippen LogP contribution in [0, 0.1) is 12.7 Å². The van der Waals surface area contributed by atoms with E-state index in [0.717, 1.165) is 10.9 Å². The van der Waals surface area contributed by atoms with Gasteiger partial charge < -0.3 is 9.15 Å². The van der Waals surface area contributed by atoms with Gasteiger partial charge in [0.15, 0.2) is 0 Å². The topological polar surface area (TPSA) is 68.9 Å². The van der Waals surface area contributed by atoms with Crippen LogP contribution in [-0.4, -0.2) is 8.42 Å². The van der Waals surface area contributed by atoms with Crippen molar-refractivity contribution in [2.24, 2.45) is 4.40 Å². The van der Waals surface area contributed by atoms with Gasteiger partial charge in [-0.05, 0) is 55.5 Å². The summed E-state index contributed by atoms with van der Waals surface area (Å²) >= 11 is 0. The fourth-order valence-corrected chi connectivity index (χ4v) is 3.81. The second-order valence-electron chi connectivity index (χ2n) is 6.74. The minimum Gasteiger partial charge on any atom is -0.489 e. The Kier molecular flexibility index (Phi) is 5.37. The number of hydrogen-bond donors (Lipinski definition) is 0. The molecule has 4 rings (SSSR count). The van der Waals surface area contributed by atoms with Crippen LogP contribution < -0.4 is 10.3 Å². The molecule has 0 aliphatic carbocycles. The third-order valence-corrected chi connectivity index (χ3v) is 5.73. The van der Waals surface area contributed by atoms with E-state index < -0.39 is 10.0 Å². The summed E-state index contributed by atoms with van der Waals surface area (Å²) in [6, 6.07) is 21.0. The van der Waals surface area contributed by atoms with E-state index in [4.69, 9.17) is 9.15 Å². The van der Waals surface area contributed by atoms with Gasteiger partial charge in [0.05, 0.1) is 10.5 Å². The molecule has 7 heteroatoms. The Morgan fingerprint density at radius 1 is 0.967 bits per heavy atom. The lowest BCUT2D eigenvalue weighted by Crippen LogP contribution is -2.15. The molecule has 0 N–H and O–H groups in total. The Hall–Kier alpha value is -3.45. The van der Waals surface area contributed by atoms with Crippen molar-refractivity contribution in [3.63, 3.8) is 0 Å². The molecule has 5 nitrogen and oxygen atoms in total. The van der Waals surface area contributed by atoms with E-state index in [1.807, 2.05) is 19.1 Å². The molecular formula is C23H18FNO4S. The summed E-state index contributed by atoms with van der Waals surface area (Å²) in [6.07, 6.45) is 0. The van der Waals surface area contributed by atoms with Crippen molar-refractivity contribution in [1.82, 2.24) is 0 Å². The first kappa shape index (κ1) is 19.8. The number of para-hydroxylation sites is 1. The van der Waals surface area contributed by atoms with Crippen LogP contribution in [0.25, 0.3) is 11.0 Å². The minimum absolute atomic E-state index is 0.00220. The highest BCUT2D eigenvalue weighted by molar-refractivity contribution is 7.90. The molecule has 0 fully saturated rings. The number of halogens is 1. The molecule has 0 aliphatic rings. The van der Waals surface area contributed by atoms with Crippen LogP contribution in [0.5, 0.6) is 5.75 Å². The van der Waals surface area contributed by atoms with E-state index in [0.29, 0.717) is 16.9 Å². The van der Waals surface area contributed by atoms with E-state index in [2.05, 4.69) is 4.40 Å². The number of rotatable bonds is 5. The van der Waals surface area contributed by atoms with Crippen molar-refractivity contribution in [2.75, 3.05) is 0 Å². The van der Waals surface area contributed by atoms with Crippen LogP contribution in [0.4, 0.5) is 4.39 Å². The quantitative estimate of drug-likeness (QED) is 0.465. The highest BCUT2D eigenvalue weighted by atomic mass is 32.2. The summed E-state index contributed by atoms with van der Waals surface area (Å²) in [7, 11) is -3.98. The maximum atomic E-state index is 13.1. The summed E-state index contributed by atoms with van der Waals surface area (Å²) in [5.74, 6) is 0.0693. The normalized spacial score (nSPS) is 12.3. The zero-order chi connectivity index (χ0) is 21.1. The predicted octanol–water partition coefficient (Wildman–Crippen LogP) is 4.75. The molecule has 0 aliphatic heterocycles. The Morgan fingerprint density at radius 2 is 1.67 bits per heavy atom. The van der Waals surface area contributed by atoms with Gasteiger partial charge in [0.25, 0.3) is 10.0 Å². The molecule has 0 radical (unpaired) electrons. The SMILES string of the molecule is Cc1ccc(S(=O)(=O)/N=c2/oc3ccccc3cc2COc2ccc(F)cc2)cc1. The first-order valence-corrected chi connectivity index (χ1v) is 10.6. The number of nitrogens with zero attached hydrogens (tertiary/aromatic N) is 1. The van der Waals surface area contributed by atoms with Crippen molar-refractivity contribution in [1.29, 1.82) is 0 Å². The summed E-state index contributed by atoms with van der Waals surface area (Å²) < 4.78 is 54.1. The molecule has 0 unspecified atom stereocenters. The van der Waals surface area contributed by atoms with Gasteiger partial charge in [0.1, 0.15) is 23.8 Å². The van der Waals surface area contributed by atoms with Crippen LogP contribution in [0.1, 0.15) is 11.1 Å². The third-order valence-electron chi connectivity index (χ3n) is 4.46. The Balaban J connectivity index is 1.78. The van der Waals surface area contributed by atoms with Crippen LogP contribution >= 0.6 is 0 Å². The van der Waals surface area contributed by atoms with Crippen molar-refractivity contribution < 1.29 is 22.0 Å². The van der Waals surface area contributed by atoms with E-state index >= 15 is 0 Å². The number of benzene rings is 3. The zero-order valence-electron chi connectivity index (χ0n) is 16.1. The van der Waals surface area contributed by atoms with Crippen LogP contribution in [-0.2, 0) is 16.6 Å². The maximum Gasteiger partial charge on any atom is 0.285 e. The van der Waals surface area contributed by atoms with Gasteiger partial charge in [-0.2, -0.15) is 8.42 Å². The van der Waals surface area contributed by atoms with Crippen LogP contribution in [0.2, 0.25) is 0 Å². The van der Waals surface area contributed by atoms with Crippen molar-refractivity contribution in [3.8, 4) is 5.75 Å². The summed E-state index contributed by atoms with van der Waals surface area (Å²) in [5.41, 5.74) is 1.84. The third kappa shape index (κ3) is 4.41. The van der Waals surface area contributed by atoms with Gasteiger partial charge in [0, 0.05) is 5.39 Å². The standard InChI is InChI=1S/C23H18FNO4S/c1-16-6-12-21(13-7-16)30(26,27)25-23-18(14-17-4-2-3-5-22(17)29-23)15-28-20-10-8-19(24)9-11-20/h2-14H,15H2,1H3/b25-23+. The molecule has 1 aromatic heterocycles. The molecule has 4 aromatic rings. The van der Waals surface area contributed by atoms with Gasteiger partial charge >= 0.3 is 0 Å². The van der Waals surface area contributed by atoms with Gasteiger partial charge in [0.2, 0.25) is 5.55 Å². The zero-order valence-corrected chi connectivity index (χ0v) is 16.9. The molecule has 0 saturated heterocycles. The molecule has 30 heavy (non-hydrogen) atoms. The number of aryl methyl sites for hydroxylation is 1. The lowest BCUT2D eigenvalue weighted by molar-refractivity contribution is 0.299. The second-order valence-corrected chi connectivity index (χ2v) is 8.34. The van der Waals surface area contributed by atoms with Gasteiger partial charge in [-0.25, -0.2) is 4.39 Å². The van der Waals surface area contributed by atoms with E-state index in [-0.39, 0.29) is 22.9 Å². The summed E-state index contributed by atoms with van der Waals surface area (Å²) in [5, 5.41) is 0.780. The lowest BCUT2D eigenvalue weighted by atomic mass is 10.2. The summed E-state index contributed by atoms with van der Waals surface area (Å²) in [6.45, 7) is 1.87. The largest absolute Gasteiger partial charge is 0.489 e. The maximum absolute atomic E-state index is 13.1. The van der Waals surface area contributed by atoms with E-state index in [1.165, 1.54) is 36.4 Å². The fraction of sp³-hybridized carbons (Fsp3) is 0.0870. The molecule has 0 bridgehead atoms. The lowest BCUT2D eigenvalue weighted by Gasteiger charge is -2.08. The highest BCUT2D eigenvalue weighted by Gasteiger charge is 2.15. The molecule has 1 heterocycles. The Bertz CT molecular complexity index is 1360. The first-order chi connectivity index (χ1) is 14.4. The molecule has 0 atom stereocenters. The van der Waals surface area contributed by atoms with Crippen molar-refractivity contribution >= 4 is 21.0 Å². The molecule has 0 saturated carbocycles. The smallest absolute Gasteiger partial charge is 0.285 e. The Labute approximate surface area is 173 Å². The Morgan fingerprint density at radius 3 is 2.40 bits per heavy atom. The van der Waals surface area contributed by atoms with Crippen LogP contribution in [0.3, 0.4) is 0 Å². The number of fused-ring (bicyclic) bond motifs is 1. The van der Waals surface area contributed by atoms with Gasteiger partial charge in [-0.1, -0.05) is 35.9 Å². The fourth-order valence-electron chi connectivity index (χ4n) is 2.86. The first-order valence-electron chi connectivity index (χ1n) is 9.18. The average Bonchev–Trinajstić information content (AvgIpc) is 2.73. The minimum atomic E-state index is -3.98. The molecule has 152 valence electrons. The second kappa shape index (κ2) is 8.12. The molecule has 3 aromatic carbocycles. The number of ether oxygens (including phenoxy) is 1. The number of hydrogen-bond acceptors (Lipinski definition) is 4. The van der Waals surface area contributed by atoms with Crippen LogP contribution in [0.15, 0.2) is 92.6 Å². The van der Waals surface area contributed by atoms with Crippen molar-refractivity contribution in [3.05, 3.63) is 101 Å². The van der Waals surface area contributed by atoms with Crippen molar-refractivity contribution in [2.45, 2.75) is 18.4 Å². The van der Waals surface area contributed by atoms with E-state index in [1.54, 1.807) is 30.3 Å². The number of sulfonamides is 1. The molecule has 0 amide bonds. The molecular weight excluding hydrogens is 405 g/mol. The van der Waals surface area contributed by atoms with Gasteiger partial charge in [-0.15, -0.1) is 4.40 Å². The predicted molar refractivity (Wildman–Crippen MR) is 111 cm³/mol. The monoisotopic (exact) mass is 423 g/mol. The molecule has 0 spiro atoms. The average molecular weight is 423 g/mol. The highest BCUT2D eigenvalue weighted by Crippen LogP contribution is 2.18. The van der Waals surface area contributed by atoms with E-state index in [9.17, 15) is 12.8 Å².